The van der Waals surface area contributed by atoms with Gasteiger partial charge in [-0.2, -0.15) is 0 Å². The molecule has 0 bridgehead atoms. The Balaban J connectivity index is 2.17. The first-order valence-corrected chi connectivity index (χ1v) is 5.02. The number of aliphatic hydroxyl groups is 1. The van der Waals surface area contributed by atoms with Crippen molar-refractivity contribution < 1.29 is 9.84 Å². The highest BCUT2D eigenvalue weighted by Crippen LogP contribution is 2.24. The number of β-amino-alcohol motifs (C(OH)–C–C–N with tert-alkyl or cyclic N) is 1. The smallest absolute Gasteiger partial charge is 0.171 e. The fourth-order valence-electron chi connectivity index (χ4n) is 1.69. The maximum Gasteiger partial charge on any atom is 0.171 e. The van der Waals surface area contributed by atoms with Crippen molar-refractivity contribution in [2.24, 2.45) is 0 Å². The van der Waals surface area contributed by atoms with Crippen LogP contribution in [0.4, 0.5) is 5.82 Å². The van der Waals surface area contributed by atoms with Gasteiger partial charge in [-0.1, -0.05) is 11.6 Å². The van der Waals surface area contributed by atoms with Crippen LogP contribution in [0.1, 0.15) is 0 Å². The summed E-state index contributed by atoms with van der Waals surface area (Å²) in [5.41, 5.74) is 0. The summed E-state index contributed by atoms with van der Waals surface area (Å²) in [5, 5.41) is 10.0. The molecule has 2 atom stereocenters. The molecule has 1 aromatic heterocycles. The number of methoxy groups -OCH3 is 1. The Bertz CT molecular complexity index is 350. The van der Waals surface area contributed by atoms with E-state index in [9.17, 15) is 5.11 Å². The van der Waals surface area contributed by atoms with E-state index in [1.807, 2.05) is 4.90 Å². The Morgan fingerprint density at radius 2 is 2.20 bits per heavy atom. The Kier molecular flexibility index (Phi) is 3.04. The van der Waals surface area contributed by atoms with Gasteiger partial charge in [-0.25, -0.2) is 9.97 Å². The highest BCUT2D eigenvalue weighted by molar-refractivity contribution is 6.31. The molecule has 0 radical (unpaired) electrons. The molecule has 1 fully saturated rings. The van der Waals surface area contributed by atoms with Crippen molar-refractivity contribution in [3.05, 3.63) is 17.5 Å². The van der Waals surface area contributed by atoms with E-state index in [4.69, 9.17) is 16.3 Å². The minimum absolute atomic E-state index is 0.192. The average molecular weight is 230 g/mol. The third kappa shape index (κ3) is 2.04. The lowest BCUT2D eigenvalue weighted by atomic mass is 10.3. The predicted molar refractivity (Wildman–Crippen MR) is 56.1 cm³/mol. The zero-order valence-corrected chi connectivity index (χ0v) is 9.05. The summed E-state index contributed by atoms with van der Waals surface area (Å²) in [4.78, 5) is 9.94. The van der Waals surface area contributed by atoms with Crippen molar-refractivity contribution in [1.82, 2.24) is 9.97 Å². The molecule has 1 aliphatic heterocycles. The minimum atomic E-state index is -0.506. The van der Waals surface area contributed by atoms with Crippen LogP contribution >= 0.6 is 11.6 Å². The number of hydrogen-bond donors (Lipinski definition) is 1. The molecule has 6 heteroatoms. The SMILES string of the molecule is CO[C@@H]1CN(c2nccnc2Cl)C[C@@H]1O. The Hall–Kier alpha value is -0.910. The summed E-state index contributed by atoms with van der Waals surface area (Å²) >= 11 is 5.91. The van der Waals surface area contributed by atoms with Crippen LogP contribution in [0.2, 0.25) is 5.15 Å². The first kappa shape index (κ1) is 10.6. The number of nitrogens with zero attached hydrogens (tertiary/aromatic N) is 3. The zero-order valence-electron chi connectivity index (χ0n) is 8.30. The fourth-order valence-corrected chi connectivity index (χ4v) is 1.91. The molecule has 2 rings (SSSR count). The Morgan fingerprint density at radius 3 is 2.80 bits per heavy atom. The molecule has 0 spiro atoms. The van der Waals surface area contributed by atoms with Crippen LogP contribution in [0.3, 0.4) is 0 Å². The molecule has 0 amide bonds. The molecule has 0 saturated carbocycles. The van der Waals surface area contributed by atoms with Crippen molar-refractivity contribution in [3.8, 4) is 0 Å². The van der Waals surface area contributed by atoms with E-state index in [2.05, 4.69) is 9.97 Å². The largest absolute Gasteiger partial charge is 0.388 e. The van der Waals surface area contributed by atoms with Crippen LogP contribution in [-0.4, -0.2) is 47.5 Å². The fraction of sp³-hybridized carbons (Fsp3) is 0.556. The zero-order chi connectivity index (χ0) is 10.8. The van der Waals surface area contributed by atoms with Gasteiger partial charge in [0.1, 0.15) is 6.10 Å². The van der Waals surface area contributed by atoms with Crippen LogP contribution in [0, 0.1) is 0 Å². The van der Waals surface area contributed by atoms with Gasteiger partial charge in [-0.15, -0.1) is 0 Å². The highest BCUT2D eigenvalue weighted by atomic mass is 35.5. The molecular formula is C9H12ClN3O2. The number of aromatic nitrogens is 2. The van der Waals surface area contributed by atoms with E-state index in [1.54, 1.807) is 13.3 Å². The number of ether oxygens (including phenoxy) is 1. The molecule has 5 nitrogen and oxygen atoms in total. The normalized spacial score (nSPS) is 25.9. The summed E-state index contributed by atoms with van der Waals surface area (Å²) in [6, 6.07) is 0. The van der Waals surface area contributed by atoms with Gasteiger partial charge in [0.2, 0.25) is 0 Å². The van der Waals surface area contributed by atoms with E-state index in [1.165, 1.54) is 6.20 Å². The van der Waals surface area contributed by atoms with Crippen LogP contribution in [-0.2, 0) is 4.74 Å². The van der Waals surface area contributed by atoms with Crippen molar-refractivity contribution in [1.29, 1.82) is 0 Å². The van der Waals surface area contributed by atoms with Crippen LogP contribution in [0.25, 0.3) is 0 Å². The lowest BCUT2D eigenvalue weighted by Crippen LogP contribution is -2.25. The second-order valence-electron chi connectivity index (χ2n) is 3.42. The van der Waals surface area contributed by atoms with Crippen LogP contribution < -0.4 is 4.90 Å². The van der Waals surface area contributed by atoms with Gasteiger partial charge >= 0.3 is 0 Å². The van der Waals surface area contributed by atoms with Crippen molar-refractivity contribution in [3.63, 3.8) is 0 Å². The van der Waals surface area contributed by atoms with E-state index in [-0.39, 0.29) is 6.10 Å². The highest BCUT2D eigenvalue weighted by Gasteiger charge is 2.32. The van der Waals surface area contributed by atoms with E-state index in [0.29, 0.717) is 24.1 Å². The van der Waals surface area contributed by atoms with Gasteiger partial charge in [0.15, 0.2) is 11.0 Å². The monoisotopic (exact) mass is 229 g/mol. The number of rotatable bonds is 2. The molecule has 15 heavy (non-hydrogen) atoms. The maximum absolute atomic E-state index is 9.65. The predicted octanol–water partition coefficient (Wildman–Crippen LogP) is 0.326. The number of halogens is 1. The molecule has 1 saturated heterocycles. The maximum atomic E-state index is 9.65. The average Bonchev–Trinajstić information content (AvgIpc) is 2.60. The van der Waals surface area contributed by atoms with Crippen LogP contribution in [0.5, 0.6) is 0 Å². The Labute approximate surface area is 92.7 Å². The first-order chi connectivity index (χ1) is 7.22. The van der Waals surface area contributed by atoms with Gasteiger partial charge in [0.05, 0.1) is 6.10 Å². The molecule has 1 aliphatic rings. The number of anilines is 1. The van der Waals surface area contributed by atoms with E-state index in [0.717, 1.165) is 0 Å². The number of aliphatic hydroxyl groups excluding tert-OH is 1. The summed E-state index contributed by atoms with van der Waals surface area (Å²) < 4.78 is 5.13. The molecule has 0 aliphatic carbocycles. The second kappa shape index (κ2) is 4.30. The summed E-state index contributed by atoms with van der Waals surface area (Å²) in [6.45, 7) is 1.05. The van der Waals surface area contributed by atoms with Gasteiger partial charge in [0.25, 0.3) is 0 Å². The quantitative estimate of drug-likeness (QED) is 0.792. The van der Waals surface area contributed by atoms with E-state index >= 15 is 0 Å². The lowest BCUT2D eigenvalue weighted by Gasteiger charge is -2.16. The standard InChI is InChI=1S/C9H12ClN3O2/c1-15-7-5-13(4-6(7)14)9-8(10)11-2-3-12-9/h2-3,6-7,14H,4-5H2,1H3/t6-,7+/m0/s1. The third-order valence-corrected chi connectivity index (χ3v) is 2.74. The van der Waals surface area contributed by atoms with Gasteiger partial charge in [-0.05, 0) is 0 Å². The third-order valence-electron chi connectivity index (χ3n) is 2.48. The first-order valence-electron chi connectivity index (χ1n) is 4.64. The molecule has 1 aromatic rings. The Morgan fingerprint density at radius 1 is 1.47 bits per heavy atom. The van der Waals surface area contributed by atoms with E-state index < -0.39 is 6.10 Å². The van der Waals surface area contributed by atoms with Crippen molar-refractivity contribution in [2.75, 3.05) is 25.1 Å². The summed E-state index contributed by atoms with van der Waals surface area (Å²) in [6.07, 6.45) is 2.41. The van der Waals surface area contributed by atoms with Gasteiger partial charge in [-0.3, -0.25) is 0 Å². The molecule has 1 N–H and O–H groups in total. The minimum Gasteiger partial charge on any atom is -0.388 e. The topological polar surface area (TPSA) is 58.5 Å². The molecule has 2 heterocycles. The lowest BCUT2D eigenvalue weighted by molar-refractivity contribution is 0.0217. The molecule has 82 valence electrons. The summed E-state index contributed by atoms with van der Waals surface area (Å²) in [5.74, 6) is 0.595. The van der Waals surface area contributed by atoms with Gasteiger partial charge < -0.3 is 14.7 Å². The van der Waals surface area contributed by atoms with Gasteiger partial charge in [0, 0.05) is 32.6 Å². The molecule has 0 unspecified atom stereocenters. The number of hydrogen-bond acceptors (Lipinski definition) is 5. The summed E-state index contributed by atoms with van der Waals surface area (Å²) in [7, 11) is 1.58. The molecule has 0 aromatic carbocycles. The second-order valence-corrected chi connectivity index (χ2v) is 3.78. The molecular weight excluding hydrogens is 218 g/mol. The van der Waals surface area contributed by atoms with Crippen LogP contribution in [0.15, 0.2) is 12.4 Å². The van der Waals surface area contributed by atoms with Crippen molar-refractivity contribution >= 4 is 17.4 Å². The van der Waals surface area contributed by atoms with Crippen molar-refractivity contribution in [2.45, 2.75) is 12.2 Å².